The molecule has 4 aliphatic rings. The number of carbonyl (C=O) groups is 2. The van der Waals surface area contributed by atoms with Crippen molar-refractivity contribution >= 4 is 20.1 Å². The van der Waals surface area contributed by atoms with E-state index in [0.29, 0.717) is 44.7 Å². The number of amides is 2. The van der Waals surface area contributed by atoms with Gasteiger partial charge < -0.3 is 33.2 Å². The van der Waals surface area contributed by atoms with Crippen molar-refractivity contribution in [3.63, 3.8) is 0 Å². The quantitative estimate of drug-likeness (QED) is 0.148. The average molecular weight is 779 g/mol. The molecular weight excluding hydrogens is 709 g/mol. The Morgan fingerprint density at radius 2 is 1.20 bits per heavy atom. The van der Waals surface area contributed by atoms with Gasteiger partial charge in [0.15, 0.2) is 8.32 Å². The Morgan fingerprint density at radius 3 is 1.69 bits per heavy atom. The minimum Gasteiger partial charge on any atom is -0.497 e. The number of methoxy groups -OCH3 is 2. The Hall–Kier alpha value is -2.92. The van der Waals surface area contributed by atoms with E-state index in [1.165, 1.54) is 64.2 Å². The van der Waals surface area contributed by atoms with Gasteiger partial charge in [0.25, 0.3) is 5.91 Å². The van der Waals surface area contributed by atoms with Gasteiger partial charge in [-0.1, -0.05) is 83.6 Å². The van der Waals surface area contributed by atoms with Crippen molar-refractivity contribution in [2.45, 2.75) is 147 Å². The summed E-state index contributed by atoms with van der Waals surface area (Å²) < 4.78 is 28.6. The van der Waals surface area contributed by atoms with Crippen LogP contribution >= 0.6 is 0 Å². The predicted molar refractivity (Wildman–Crippen MR) is 221 cm³/mol. The zero-order chi connectivity index (χ0) is 39.4. The summed E-state index contributed by atoms with van der Waals surface area (Å²) in [5.41, 5.74) is 2.30. The molecule has 10 heteroatoms. The SMILES string of the molecule is COc1ccc(CN2C(=O)C(CCCO[Si](C)(C)C(C)(C)C)OCC2C2CCCCC2)cc1.COc1ccc(CN2C(=O)COCC2C2CCCCC2)cc1. The standard InChI is InChI=1S/C27H45NO4Si.C18H25NO3/c1-27(2,3)33(5,6)32-18-10-13-25-26(29)28(19-21-14-16-23(30-4)17-15-21)24(20-31-25)22-11-8-7-9-12-22;1-21-16-9-7-14(8-10-16)11-19-17(12-22-13-18(19)20)15-5-3-2-4-6-15/h14-17,22,24-25H,7-13,18-20H2,1-6H3;7-10,15,17H,2-6,11-13H2,1H3. The van der Waals surface area contributed by atoms with Gasteiger partial charge in [0.2, 0.25) is 5.91 Å². The summed E-state index contributed by atoms with van der Waals surface area (Å²) in [6.45, 7) is 14.9. The van der Waals surface area contributed by atoms with E-state index in [2.05, 4.69) is 50.9 Å². The number of hydrogen-bond donors (Lipinski definition) is 0. The molecule has 2 saturated carbocycles. The first-order valence-electron chi connectivity index (χ1n) is 21.1. The van der Waals surface area contributed by atoms with Crippen molar-refractivity contribution in [3.8, 4) is 11.5 Å². The van der Waals surface area contributed by atoms with Crippen LogP contribution in [0.3, 0.4) is 0 Å². The lowest BCUT2D eigenvalue weighted by molar-refractivity contribution is -0.165. The van der Waals surface area contributed by atoms with E-state index in [4.69, 9.17) is 23.4 Å². The number of benzene rings is 2. The smallest absolute Gasteiger partial charge is 0.252 e. The van der Waals surface area contributed by atoms with Crippen molar-refractivity contribution in [1.29, 1.82) is 0 Å². The number of rotatable bonds is 13. The monoisotopic (exact) mass is 778 g/mol. The van der Waals surface area contributed by atoms with Gasteiger partial charge in [-0.2, -0.15) is 0 Å². The van der Waals surface area contributed by atoms with E-state index in [9.17, 15) is 9.59 Å². The van der Waals surface area contributed by atoms with Gasteiger partial charge in [0.05, 0.1) is 39.5 Å². The summed E-state index contributed by atoms with van der Waals surface area (Å²) in [5.74, 6) is 3.11. The van der Waals surface area contributed by atoms with Crippen LogP contribution in [0.15, 0.2) is 48.5 Å². The molecule has 3 atom stereocenters. The van der Waals surface area contributed by atoms with Gasteiger partial charge in [-0.25, -0.2) is 0 Å². The molecule has 0 radical (unpaired) electrons. The Labute approximate surface area is 332 Å². The van der Waals surface area contributed by atoms with Gasteiger partial charge >= 0.3 is 0 Å². The molecule has 2 aliphatic heterocycles. The molecule has 2 amide bonds. The molecule has 3 unspecified atom stereocenters. The summed E-state index contributed by atoms with van der Waals surface area (Å²) in [5, 5.41) is 0.201. The van der Waals surface area contributed by atoms with Gasteiger partial charge in [0, 0.05) is 19.7 Å². The largest absolute Gasteiger partial charge is 0.497 e. The van der Waals surface area contributed by atoms with Crippen LogP contribution in [0.5, 0.6) is 11.5 Å². The summed E-state index contributed by atoms with van der Waals surface area (Å²) in [6, 6.07) is 16.5. The molecule has 306 valence electrons. The Balaban J connectivity index is 0.000000228. The zero-order valence-electron chi connectivity index (χ0n) is 35.0. The van der Waals surface area contributed by atoms with Crippen molar-refractivity contribution in [3.05, 3.63) is 59.7 Å². The lowest BCUT2D eigenvalue weighted by Crippen LogP contribution is -2.56. The third-order valence-electron chi connectivity index (χ3n) is 13.0. The first-order chi connectivity index (χ1) is 26.4. The molecule has 6 rings (SSSR count). The fraction of sp³-hybridized carbons (Fsp3) is 0.689. The van der Waals surface area contributed by atoms with Gasteiger partial charge in [-0.05, 0) is 104 Å². The van der Waals surface area contributed by atoms with E-state index in [1.54, 1.807) is 14.2 Å². The Kier molecular flexibility index (Phi) is 16.1. The molecule has 0 spiro atoms. The van der Waals surface area contributed by atoms with Crippen LogP contribution in [-0.4, -0.2) is 88.8 Å². The molecule has 2 aliphatic carbocycles. The Bertz CT molecular complexity index is 1470. The Morgan fingerprint density at radius 1 is 0.709 bits per heavy atom. The first-order valence-corrected chi connectivity index (χ1v) is 24.0. The molecule has 55 heavy (non-hydrogen) atoms. The van der Waals surface area contributed by atoms with Crippen LogP contribution in [-0.2, 0) is 36.6 Å². The molecule has 0 N–H and O–H groups in total. The third kappa shape index (κ3) is 12.0. The minimum absolute atomic E-state index is 0.123. The fourth-order valence-corrected chi connectivity index (χ4v) is 9.53. The van der Waals surface area contributed by atoms with E-state index in [0.717, 1.165) is 35.5 Å². The maximum absolute atomic E-state index is 13.6. The average Bonchev–Trinajstić information content (AvgIpc) is 3.19. The van der Waals surface area contributed by atoms with E-state index in [-0.39, 0.29) is 41.6 Å². The van der Waals surface area contributed by atoms with Crippen LogP contribution in [0.25, 0.3) is 0 Å². The second kappa shape index (κ2) is 20.5. The van der Waals surface area contributed by atoms with Crippen molar-refractivity contribution in [2.24, 2.45) is 11.8 Å². The molecule has 2 heterocycles. The molecule has 2 aromatic carbocycles. The molecule has 2 aromatic rings. The highest BCUT2D eigenvalue weighted by Gasteiger charge is 2.41. The highest BCUT2D eigenvalue weighted by molar-refractivity contribution is 6.74. The van der Waals surface area contributed by atoms with Crippen LogP contribution in [0.2, 0.25) is 18.1 Å². The summed E-state index contributed by atoms with van der Waals surface area (Å²) in [6.07, 6.45) is 13.8. The minimum atomic E-state index is -1.76. The number of ether oxygens (including phenoxy) is 4. The van der Waals surface area contributed by atoms with E-state index < -0.39 is 8.32 Å². The molecule has 0 bridgehead atoms. The summed E-state index contributed by atoms with van der Waals surface area (Å²) in [4.78, 5) is 30.1. The molecule has 9 nitrogen and oxygen atoms in total. The number of morpholine rings is 2. The molecule has 0 aromatic heterocycles. The lowest BCUT2D eigenvalue weighted by atomic mass is 9.82. The van der Waals surface area contributed by atoms with E-state index >= 15 is 0 Å². The van der Waals surface area contributed by atoms with Crippen molar-refractivity contribution in [2.75, 3.05) is 40.6 Å². The maximum Gasteiger partial charge on any atom is 0.252 e. The van der Waals surface area contributed by atoms with E-state index in [1.807, 2.05) is 41.3 Å². The molecule has 4 fully saturated rings. The zero-order valence-corrected chi connectivity index (χ0v) is 36.0. The van der Waals surface area contributed by atoms with Crippen LogP contribution in [0, 0.1) is 11.8 Å². The topological polar surface area (TPSA) is 86.8 Å². The maximum atomic E-state index is 13.6. The molecular formula is C45H70N2O7Si. The summed E-state index contributed by atoms with van der Waals surface area (Å²) >= 11 is 0. The van der Waals surface area contributed by atoms with Crippen LogP contribution in [0.1, 0.15) is 109 Å². The van der Waals surface area contributed by atoms with Gasteiger partial charge in [-0.3, -0.25) is 9.59 Å². The molecule has 2 saturated heterocycles. The highest BCUT2D eigenvalue weighted by Crippen LogP contribution is 2.37. The van der Waals surface area contributed by atoms with Crippen LogP contribution in [0.4, 0.5) is 0 Å². The van der Waals surface area contributed by atoms with Gasteiger partial charge in [0.1, 0.15) is 24.2 Å². The second-order valence-electron chi connectivity index (χ2n) is 17.7. The third-order valence-corrected chi connectivity index (χ3v) is 17.5. The lowest BCUT2D eigenvalue weighted by Gasteiger charge is -2.44. The fourth-order valence-electron chi connectivity index (χ4n) is 8.44. The highest BCUT2D eigenvalue weighted by atomic mass is 28.4. The number of hydrogen-bond acceptors (Lipinski definition) is 7. The number of nitrogens with zero attached hydrogens (tertiary/aromatic N) is 2. The summed E-state index contributed by atoms with van der Waals surface area (Å²) in [7, 11) is 1.58. The second-order valence-corrected chi connectivity index (χ2v) is 22.5. The van der Waals surface area contributed by atoms with Crippen molar-refractivity contribution in [1.82, 2.24) is 9.80 Å². The van der Waals surface area contributed by atoms with Gasteiger partial charge in [-0.15, -0.1) is 0 Å². The first kappa shape index (κ1) is 43.2. The van der Waals surface area contributed by atoms with Crippen LogP contribution < -0.4 is 9.47 Å². The predicted octanol–water partition coefficient (Wildman–Crippen LogP) is 9.18. The number of carbonyl (C=O) groups excluding carboxylic acids is 2. The van der Waals surface area contributed by atoms with Crippen molar-refractivity contribution < 1.29 is 33.0 Å². The normalized spacial score (nSPS) is 23.3.